The lowest BCUT2D eigenvalue weighted by molar-refractivity contribution is -0.137. The molecule has 2 aromatic carbocycles. The van der Waals surface area contributed by atoms with Gasteiger partial charge >= 0.3 is 6.18 Å². The SMILES string of the molecule is CCC(Oc1ccccc1Cl)C(=O)Nc1ccc(Cl)cc1C(F)(F)F. The standard InChI is InChI=1S/C17H14Cl2F3NO2/c1-2-14(25-15-6-4-3-5-12(15)19)16(24)23-13-8-7-10(18)9-11(13)17(20,21)22/h3-9,14H,2H2,1H3,(H,23,24). The van der Waals surface area contributed by atoms with Crippen LogP contribution in [0.4, 0.5) is 18.9 Å². The fraction of sp³-hybridized carbons (Fsp3) is 0.235. The van der Waals surface area contributed by atoms with Gasteiger partial charge in [0.2, 0.25) is 0 Å². The number of nitrogens with one attached hydrogen (secondary N) is 1. The van der Waals surface area contributed by atoms with Crippen LogP contribution in [0.25, 0.3) is 0 Å². The lowest BCUT2D eigenvalue weighted by Gasteiger charge is -2.20. The molecule has 0 aliphatic carbocycles. The molecule has 0 saturated heterocycles. The molecule has 0 spiro atoms. The highest BCUT2D eigenvalue weighted by Gasteiger charge is 2.34. The van der Waals surface area contributed by atoms with E-state index in [9.17, 15) is 18.0 Å². The van der Waals surface area contributed by atoms with Crippen LogP contribution in [0.1, 0.15) is 18.9 Å². The highest BCUT2D eigenvalue weighted by Crippen LogP contribution is 2.36. The lowest BCUT2D eigenvalue weighted by atomic mass is 10.1. The van der Waals surface area contributed by atoms with Gasteiger partial charge in [0.25, 0.3) is 5.91 Å². The van der Waals surface area contributed by atoms with Gasteiger partial charge in [-0.25, -0.2) is 0 Å². The molecule has 2 aromatic rings. The van der Waals surface area contributed by atoms with Crippen LogP contribution in [-0.4, -0.2) is 12.0 Å². The molecule has 25 heavy (non-hydrogen) atoms. The predicted molar refractivity (Wildman–Crippen MR) is 91.2 cm³/mol. The first kappa shape index (κ1) is 19.4. The van der Waals surface area contributed by atoms with Gasteiger partial charge in [-0.05, 0) is 36.8 Å². The van der Waals surface area contributed by atoms with Crippen LogP contribution in [-0.2, 0) is 11.0 Å². The van der Waals surface area contributed by atoms with E-state index in [0.29, 0.717) is 5.02 Å². The quantitative estimate of drug-likeness (QED) is 0.698. The fourth-order valence-electron chi connectivity index (χ4n) is 2.09. The summed E-state index contributed by atoms with van der Waals surface area (Å²) in [5, 5.41) is 2.47. The summed E-state index contributed by atoms with van der Waals surface area (Å²) in [5.74, 6) is -0.437. The zero-order valence-corrected chi connectivity index (χ0v) is 14.5. The molecule has 3 nitrogen and oxygen atoms in total. The van der Waals surface area contributed by atoms with Gasteiger partial charge in [-0.3, -0.25) is 4.79 Å². The minimum Gasteiger partial charge on any atom is -0.479 e. The van der Waals surface area contributed by atoms with Crippen LogP contribution in [0.5, 0.6) is 5.75 Å². The molecule has 2 rings (SSSR count). The van der Waals surface area contributed by atoms with E-state index in [2.05, 4.69) is 5.32 Å². The zero-order valence-electron chi connectivity index (χ0n) is 13.0. The topological polar surface area (TPSA) is 38.3 Å². The van der Waals surface area contributed by atoms with E-state index < -0.39 is 23.8 Å². The van der Waals surface area contributed by atoms with E-state index in [1.165, 1.54) is 6.07 Å². The van der Waals surface area contributed by atoms with Gasteiger partial charge in [-0.15, -0.1) is 0 Å². The highest BCUT2D eigenvalue weighted by molar-refractivity contribution is 6.32. The number of halogens is 5. The molecule has 0 aliphatic heterocycles. The minimum atomic E-state index is -4.65. The molecule has 0 bridgehead atoms. The van der Waals surface area contributed by atoms with Crippen molar-refractivity contribution in [1.82, 2.24) is 0 Å². The monoisotopic (exact) mass is 391 g/mol. The molecule has 0 aromatic heterocycles. The van der Waals surface area contributed by atoms with Crippen molar-refractivity contribution in [3.63, 3.8) is 0 Å². The van der Waals surface area contributed by atoms with Crippen molar-refractivity contribution in [2.75, 3.05) is 5.32 Å². The summed E-state index contributed by atoms with van der Waals surface area (Å²) in [6, 6.07) is 9.65. The molecule has 1 unspecified atom stereocenters. The van der Waals surface area contributed by atoms with Crippen molar-refractivity contribution in [2.45, 2.75) is 25.6 Å². The van der Waals surface area contributed by atoms with E-state index in [-0.39, 0.29) is 22.9 Å². The maximum Gasteiger partial charge on any atom is 0.418 e. The second-order valence-electron chi connectivity index (χ2n) is 5.12. The fourth-order valence-corrected chi connectivity index (χ4v) is 2.44. The van der Waals surface area contributed by atoms with E-state index in [0.717, 1.165) is 12.1 Å². The molecule has 1 amide bonds. The first-order chi connectivity index (χ1) is 11.7. The average Bonchev–Trinajstić information content (AvgIpc) is 2.54. The Labute approximate surface area is 152 Å². The van der Waals surface area contributed by atoms with Gasteiger partial charge in [0.05, 0.1) is 16.3 Å². The van der Waals surface area contributed by atoms with Gasteiger partial charge in [0.15, 0.2) is 6.10 Å². The summed E-state index contributed by atoms with van der Waals surface area (Å²) in [4.78, 5) is 12.3. The van der Waals surface area contributed by atoms with Gasteiger partial charge in [-0.1, -0.05) is 42.3 Å². The number of ether oxygens (including phenoxy) is 1. The van der Waals surface area contributed by atoms with Crippen LogP contribution in [0.3, 0.4) is 0 Å². The van der Waals surface area contributed by atoms with Crippen LogP contribution in [0, 0.1) is 0 Å². The number of para-hydroxylation sites is 1. The number of hydrogen-bond acceptors (Lipinski definition) is 2. The highest BCUT2D eigenvalue weighted by atomic mass is 35.5. The van der Waals surface area contributed by atoms with Crippen molar-refractivity contribution in [3.8, 4) is 5.75 Å². The molecule has 8 heteroatoms. The van der Waals surface area contributed by atoms with Crippen molar-refractivity contribution in [2.24, 2.45) is 0 Å². The van der Waals surface area contributed by atoms with E-state index in [1.807, 2.05) is 0 Å². The Morgan fingerprint density at radius 2 is 1.88 bits per heavy atom. The molecule has 1 N–H and O–H groups in total. The van der Waals surface area contributed by atoms with Gasteiger partial charge in [0.1, 0.15) is 5.75 Å². The first-order valence-electron chi connectivity index (χ1n) is 7.31. The molecule has 0 heterocycles. The second-order valence-corrected chi connectivity index (χ2v) is 5.97. The third-order valence-electron chi connectivity index (χ3n) is 3.31. The van der Waals surface area contributed by atoms with Crippen molar-refractivity contribution in [3.05, 3.63) is 58.1 Å². The van der Waals surface area contributed by atoms with Gasteiger partial charge in [0, 0.05) is 5.02 Å². The summed E-state index contributed by atoms with van der Waals surface area (Å²) in [6.45, 7) is 1.67. The molecule has 134 valence electrons. The maximum atomic E-state index is 13.1. The number of alkyl halides is 3. The first-order valence-corrected chi connectivity index (χ1v) is 8.06. The smallest absolute Gasteiger partial charge is 0.418 e. The van der Waals surface area contributed by atoms with Crippen LogP contribution < -0.4 is 10.1 Å². The van der Waals surface area contributed by atoms with Crippen molar-refractivity contribution in [1.29, 1.82) is 0 Å². The number of amides is 1. The number of carbonyl (C=O) groups excluding carboxylic acids is 1. The molecule has 0 radical (unpaired) electrons. The van der Waals surface area contributed by atoms with Crippen LogP contribution >= 0.6 is 23.2 Å². The number of anilines is 1. The normalized spacial score (nSPS) is 12.6. The summed E-state index contributed by atoms with van der Waals surface area (Å²) in [5.41, 5.74) is -1.41. The Kier molecular flexibility index (Phi) is 6.19. The number of hydrogen-bond donors (Lipinski definition) is 1. The molecule has 0 saturated carbocycles. The minimum absolute atomic E-state index is 0.0790. The zero-order chi connectivity index (χ0) is 18.6. The summed E-state index contributed by atoms with van der Waals surface area (Å²) in [7, 11) is 0. The molecule has 1 atom stereocenters. The van der Waals surface area contributed by atoms with E-state index in [4.69, 9.17) is 27.9 Å². The maximum absolute atomic E-state index is 13.1. The molecule has 0 aliphatic rings. The average molecular weight is 392 g/mol. The Morgan fingerprint density at radius 3 is 2.48 bits per heavy atom. The Balaban J connectivity index is 2.22. The Morgan fingerprint density at radius 1 is 1.20 bits per heavy atom. The number of benzene rings is 2. The van der Waals surface area contributed by atoms with Gasteiger partial charge in [-0.2, -0.15) is 13.2 Å². The van der Waals surface area contributed by atoms with E-state index in [1.54, 1.807) is 31.2 Å². The number of rotatable bonds is 5. The number of carbonyl (C=O) groups is 1. The third-order valence-corrected chi connectivity index (χ3v) is 3.86. The Hall–Kier alpha value is -1.92. The van der Waals surface area contributed by atoms with Gasteiger partial charge < -0.3 is 10.1 Å². The molecular formula is C17H14Cl2F3NO2. The summed E-state index contributed by atoms with van der Waals surface area (Å²) < 4.78 is 44.8. The largest absolute Gasteiger partial charge is 0.479 e. The summed E-state index contributed by atoms with van der Waals surface area (Å²) in [6.07, 6.45) is -5.41. The molecular weight excluding hydrogens is 378 g/mol. The Bertz CT molecular complexity index is 766. The molecule has 0 fully saturated rings. The third kappa shape index (κ3) is 5.03. The van der Waals surface area contributed by atoms with Crippen molar-refractivity contribution >= 4 is 34.8 Å². The predicted octanol–water partition coefficient (Wildman–Crippen LogP) is 5.81. The second kappa shape index (κ2) is 7.97. The lowest BCUT2D eigenvalue weighted by Crippen LogP contribution is -2.33. The van der Waals surface area contributed by atoms with Crippen molar-refractivity contribution < 1.29 is 22.7 Å². The van der Waals surface area contributed by atoms with E-state index >= 15 is 0 Å². The van der Waals surface area contributed by atoms with Crippen LogP contribution in [0.2, 0.25) is 10.0 Å². The van der Waals surface area contributed by atoms with Crippen LogP contribution in [0.15, 0.2) is 42.5 Å². The summed E-state index contributed by atoms with van der Waals surface area (Å²) >= 11 is 11.6.